The summed E-state index contributed by atoms with van der Waals surface area (Å²) in [5.74, 6) is -0.838. The third-order valence-corrected chi connectivity index (χ3v) is 12.3. The fraction of sp³-hybridized carbons (Fsp3) is 0.667. The molecular formula is C60H103NO8P+. The van der Waals surface area contributed by atoms with E-state index in [1.165, 1.54) is 70.6 Å². The molecule has 10 heteroatoms. The van der Waals surface area contributed by atoms with E-state index in [-0.39, 0.29) is 26.1 Å². The van der Waals surface area contributed by atoms with Crippen molar-refractivity contribution in [3.05, 3.63) is 109 Å². The van der Waals surface area contributed by atoms with E-state index in [1.54, 1.807) is 0 Å². The topological polar surface area (TPSA) is 108 Å². The van der Waals surface area contributed by atoms with Crippen molar-refractivity contribution in [1.29, 1.82) is 0 Å². The average molecular weight is 997 g/mol. The van der Waals surface area contributed by atoms with E-state index in [0.29, 0.717) is 23.9 Å². The van der Waals surface area contributed by atoms with Gasteiger partial charge >= 0.3 is 19.8 Å². The SMILES string of the molecule is CC/C=C\C/C=C\C/C=C\C/C=C\C/C=C\C/C=C\CCCCCCCCCCCCCCCCC(=O)OC(COC(=O)CCCCC/C=C\C/C=C\C/C=C\CC)COP(=O)(O)OCC[N+](C)(C)C. The Morgan fingerprint density at radius 1 is 0.443 bits per heavy atom. The Kier molecular flexibility index (Phi) is 48.2. The number of unbranched alkanes of at least 4 members (excludes halogenated alkanes) is 17. The molecule has 400 valence electrons. The summed E-state index contributed by atoms with van der Waals surface area (Å²) in [6.45, 7) is 4.15. The molecule has 0 spiro atoms. The quantitative estimate of drug-likeness (QED) is 0.0211. The Morgan fingerprint density at radius 2 is 0.771 bits per heavy atom. The summed E-state index contributed by atoms with van der Waals surface area (Å²) < 4.78 is 34.4. The zero-order valence-corrected chi connectivity index (χ0v) is 46.1. The Morgan fingerprint density at radius 3 is 1.16 bits per heavy atom. The largest absolute Gasteiger partial charge is 0.472 e. The molecule has 1 N–H and O–H groups in total. The molecule has 0 aromatic heterocycles. The van der Waals surface area contributed by atoms with Crippen molar-refractivity contribution in [3.63, 3.8) is 0 Å². The smallest absolute Gasteiger partial charge is 0.462 e. The van der Waals surface area contributed by atoms with Crippen LogP contribution in [0.1, 0.15) is 206 Å². The summed E-state index contributed by atoms with van der Waals surface area (Å²) >= 11 is 0. The number of hydrogen-bond donors (Lipinski definition) is 1. The molecule has 2 atom stereocenters. The minimum Gasteiger partial charge on any atom is -0.462 e. The van der Waals surface area contributed by atoms with E-state index in [0.717, 1.165) is 96.3 Å². The van der Waals surface area contributed by atoms with E-state index in [1.807, 2.05) is 21.1 Å². The van der Waals surface area contributed by atoms with Gasteiger partial charge in [-0.25, -0.2) is 4.57 Å². The standard InChI is InChI=1S/C60H102NO8P/c1-6-8-10-12-14-16-18-20-21-22-23-24-25-26-27-28-29-30-31-32-33-34-35-36-37-38-39-41-43-45-47-49-51-53-60(63)69-58(57-68-70(64,65)67-55-54-61(3,4)5)56-66-59(62)52-50-48-46-44-42-40-19-17-15-13-11-9-7-2/h8-11,14-17,20-21,23-24,26-27,29-30,40,42,58H,6-7,12-13,18-19,22,25,28,31-39,41,43-57H2,1-5H3/p+1/b10-8-,11-9-,16-14-,17-15-,21-20-,24-23-,27-26-,30-29-,42-40-. The fourth-order valence-electron chi connectivity index (χ4n) is 7.09. The molecule has 0 aromatic carbocycles. The number of rotatable bonds is 49. The van der Waals surface area contributed by atoms with E-state index in [4.69, 9.17) is 18.5 Å². The zero-order valence-electron chi connectivity index (χ0n) is 45.2. The van der Waals surface area contributed by atoms with Crippen LogP contribution in [0.15, 0.2) is 109 Å². The van der Waals surface area contributed by atoms with Gasteiger partial charge in [0.2, 0.25) is 0 Å². The van der Waals surface area contributed by atoms with Crippen LogP contribution < -0.4 is 0 Å². The second kappa shape index (κ2) is 50.6. The van der Waals surface area contributed by atoms with Crippen LogP contribution in [-0.4, -0.2) is 74.9 Å². The molecule has 0 aliphatic rings. The predicted molar refractivity (Wildman–Crippen MR) is 298 cm³/mol. The van der Waals surface area contributed by atoms with Gasteiger partial charge in [-0.1, -0.05) is 207 Å². The molecule has 0 fully saturated rings. The molecule has 0 rings (SSSR count). The molecule has 0 saturated heterocycles. The van der Waals surface area contributed by atoms with Crippen molar-refractivity contribution < 1.29 is 42.1 Å². The van der Waals surface area contributed by atoms with Crippen LogP contribution in [0, 0.1) is 0 Å². The Labute approximate surface area is 429 Å². The number of phosphoric ester groups is 1. The van der Waals surface area contributed by atoms with Crippen LogP contribution in [0.25, 0.3) is 0 Å². The summed E-state index contributed by atoms with van der Waals surface area (Å²) in [5, 5.41) is 0. The molecule has 0 aromatic rings. The maximum Gasteiger partial charge on any atom is 0.472 e. The number of esters is 2. The minimum absolute atomic E-state index is 0.0221. The first-order valence-electron chi connectivity index (χ1n) is 27.6. The number of likely N-dealkylation sites (N-methyl/N-ethyl adjacent to an activating group) is 1. The van der Waals surface area contributed by atoms with Crippen LogP contribution in [-0.2, 0) is 32.7 Å². The van der Waals surface area contributed by atoms with Gasteiger partial charge in [-0.3, -0.25) is 18.6 Å². The normalized spacial score (nSPS) is 14.2. The second-order valence-corrected chi connectivity index (χ2v) is 20.7. The molecule has 2 unspecified atom stereocenters. The highest BCUT2D eigenvalue weighted by Gasteiger charge is 2.27. The van der Waals surface area contributed by atoms with Crippen LogP contribution in [0.4, 0.5) is 0 Å². The number of nitrogens with zero attached hydrogens (tertiary/aromatic N) is 1. The van der Waals surface area contributed by atoms with Crippen LogP contribution in [0.2, 0.25) is 0 Å². The number of carbonyl (C=O) groups excluding carboxylic acids is 2. The third kappa shape index (κ3) is 54.0. The molecule has 0 aliphatic heterocycles. The summed E-state index contributed by atoms with van der Waals surface area (Å²) in [6.07, 6.45) is 70.3. The lowest BCUT2D eigenvalue weighted by molar-refractivity contribution is -0.870. The predicted octanol–water partition coefficient (Wildman–Crippen LogP) is 17.0. The van der Waals surface area contributed by atoms with E-state index < -0.39 is 32.5 Å². The average Bonchev–Trinajstić information content (AvgIpc) is 3.32. The lowest BCUT2D eigenvalue weighted by Gasteiger charge is -2.24. The maximum atomic E-state index is 12.8. The zero-order chi connectivity index (χ0) is 51.3. The van der Waals surface area contributed by atoms with Gasteiger partial charge in [0.05, 0.1) is 27.7 Å². The van der Waals surface area contributed by atoms with Gasteiger partial charge < -0.3 is 18.9 Å². The van der Waals surface area contributed by atoms with Gasteiger partial charge in [0.25, 0.3) is 0 Å². The lowest BCUT2D eigenvalue weighted by Crippen LogP contribution is -2.37. The number of phosphoric acid groups is 1. The van der Waals surface area contributed by atoms with Gasteiger partial charge in [-0.2, -0.15) is 0 Å². The van der Waals surface area contributed by atoms with Gasteiger partial charge in [0, 0.05) is 12.8 Å². The Bertz CT molecular complexity index is 1550. The van der Waals surface area contributed by atoms with Gasteiger partial charge in [-0.05, 0) is 96.3 Å². The highest BCUT2D eigenvalue weighted by molar-refractivity contribution is 7.47. The number of carbonyl (C=O) groups is 2. The first-order valence-corrected chi connectivity index (χ1v) is 29.1. The van der Waals surface area contributed by atoms with E-state index >= 15 is 0 Å². The highest BCUT2D eigenvalue weighted by Crippen LogP contribution is 2.43. The summed E-state index contributed by atoms with van der Waals surface area (Å²) in [5.41, 5.74) is 0. The van der Waals surface area contributed by atoms with Crippen molar-refractivity contribution in [2.24, 2.45) is 0 Å². The maximum absolute atomic E-state index is 12.8. The molecule has 0 heterocycles. The van der Waals surface area contributed by atoms with Crippen LogP contribution >= 0.6 is 7.82 Å². The first-order chi connectivity index (χ1) is 34.0. The first kappa shape index (κ1) is 66.7. The monoisotopic (exact) mass is 997 g/mol. The van der Waals surface area contributed by atoms with Gasteiger partial charge in [-0.15, -0.1) is 0 Å². The molecule has 0 aliphatic carbocycles. The highest BCUT2D eigenvalue weighted by atomic mass is 31.2. The van der Waals surface area contributed by atoms with Gasteiger partial charge in [0.15, 0.2) is 6.10 Å². The summed E-state index contributed by atoms with van der Waals surface area (Å²) in [4.78, 5) is 35.5. The van der Waals surface area contributed by atoms with Crippen molar-refractivity contribution in [3.8, 4) is 0 Å². The molecule has 0 saturated carbocycles. The van der Waals surface area contributed by atoms with Crippen molar-refractivity contribution in [2.45, 2.75) is 213 Å². The number of ether oxygens (including phenoxy) is 2. The van der Waals surface area contributed by atoms with E-state index in [9.17, 15) is 19.0 Å². The van der Waals surface area contributed by atoms with Gasteiger partial charge in [0.1, 0.15) is 19.8 Å². The molecule has 0 bridgehead atoms. The summed E-state index contributed by atoms with van der Waals surface area (Å²) in [6, 6.07) is 0. The van der Waals surface area contributed by atoms with Crippen molar-refractivity contribution in [2.75, 3.05) is 47.5 Å². The Balaban J connectivity index is 4.11. The molecule has 9 nitrogen and oxygen atoms in total. The van der Waals surface area contributed by atoms with E-state index in [2.05, 4.69) is 123 Å². The fourth-order valence-corrected chi connectivity index (χ4v) is 7.83. The molecular weight excluding hydrogens is 894 g/mol. The molecule has 70 heavy (non-hydrogen) atoms. The van der Waals surface area contributed by atoms with Crippen molar-refractivity contribution >= 4 is 19.8 Å². The third-order valence-electron chi connectivity index (χ3n) is 11.3. The molecule has 0 radical (unpaired) electrons. The van der Waals surface area contributed by atoms with Crippen molar-refractivity contribution in [1.82, 2.24) is 0 Å². The number of quaternary nitrogens is 1. The minimum atomic E-state index is -4.39. The Hall–Kier alpha value is -3.33. The number of hydrogen-bond acceptors (Lipinski definition) is 7. The van der Waals surface area contributed by atoms with Crippen LogP contribution in [0.5, 0.6) is 0 Å². The molecule has 0 amide bonds. The lowest BCUT2D eigenvalue weighted by atomic mass is 10.0. The second-order valence-electron chi connectivity index (χ2n) is 19.2. The van der Waals surface area contributed by atoms with Crippen LogP contribution in [0.3, 0.4) is 0 Å². The summed E-state index contributed by atoms with van der Waals surface area (Å²) in [7, 11) is 1.45. The number of allylic oxidation sites excluding steroid dienone is 18.